The van der Waals surface area contributed by atoms with E-state index in [1.54, 1.807) is 35.6 Å². The van der Waals surface area contributed by atoms with E-state index in [1.807, 2.05) is 56.3 Å². The van der Waals surface area contributed by atoms with E-state index >= 15 is 0 Å². The van der Waals surface area contributed by atoms with Crippen molar-refractivity contribution >= 4 is 53.0 Å². The third-order valence-electron chi connectivity index (χ3n) is 7.54. The number of ether oxygens (including phenoxy) is 2. The number of aryl methyl sites for hydroxylation is 2. The Balaban J connectivity index is 0.00000368. The second kappa shape index (κ2) is 12.7. The smallest absolute Gasteiger partial charge is 0.300 e. The highest BCUT2D eigenvalue weighted by molar-refractivity contribution is 6.53. The number of nitrogens with one attached hydrogen (secondary N) is 1. The van der Waals surface area contributed by atoms with Crippen molar-refractivity contribution in [3.05, 3.63) is 100 Å². The number of benzene rings is 3. The number of carbonyl (C=O) groups excluding carboxylic acids is 3. The number of fused-ring (bicyclic) bond motifs is 1. The van der Waals surface area contributed by atoms with Crippen LogP contribution in [0.5, 0.6) is 0 Å². The van der Waals surface area contributed by atoms with Gasteiger partial charge in [-0.25, -0.2) is 4.98 Å². The zero-order chi connectivity index (χ0) is 29.4. The first-order valence-corrected chi connectivity index (χ1v) is 14.0. The van der Waals surface area contributed by atoms with E-state index in [2.05, 4.69) is 9.97 Å². The Bertz CT molecular complexity index is 1650. The maximum absolute atomic E-state index is 14.8. The second-order valence-corrected chi connectivity index (χ2v) is 10.9. The first-order chi connectivity index (χ1) is 20.3. The molecule has 2 amide bonds. The molecule has 4 aromatic rings. The minimum atomic E-state index is -1.16. The maximum atomic E-state index is 14.8. The third-order valence-corrected chi connectivity index (χ3v) is 7.77. The van der Waals surface area contributed by atoms with Gasteiger partial charge in [0.2, 0.25) is 0 Å². The van der Waals surface area contributed by atoms with E-state index in [0.717, 1.165) is 27.9 Å². The molecule has 1 fully saturated rings. The van der Waals surface area contributed by atoms with Crippen molar-refractivity contribution in [3.63, 3.8) is 0 Å². The number of rotatable bonds is 7. The molecule has 3 heterocycles. The van der Waals surface area contributed by atoms with Crippen LogP contribution in [0, 0.1) is 13.8 Å². The number of aromatic amines is 1. The normalized spacial score (nSPS) is 16.9. The lowest BCUT2D eigenvalue weighted by atomic mass is 10.0. The standard InChI is InChI=1S/C32H29ClN4O5.ClH/c1-19-12-20(2)28-25(13-19)30(38)32(40)37(28)29(27-17-41-10-11-42-27)31(39)36(16-21-4-3-5-23(33)14-21)24-8-6-22(7-9-24)26-15-34-18-35-26;/h3-9,12-15,18,27,29H,10-11,16-17H2,1-2H3,(H,34,35);1H. The molecule has 9 nitrogen and oxygen atoms in total. The molecular weight excluding hydrogens is 591 g/mol. The summed E-state index contributed by atoms with van der Waals surface area (Å²) in [6.07, 6.45) is 2.60. The van der Waals surface area contributed by atoms with Gasteiger partial charge in [0, 0.05) is 22.5 Å². The van der Waals surface area contributed by atoms with Crippen molar-refractivity contribution in [3.8, 4) is 11.3 Å². The fourth-order valence-electron chi connectivity index (χ4n) is 5.67. The average Bonchev–Trinajstić information content (AvgIpc) is 3.61. The Kier molecular flexibility index (Phi) is 8.98. The number of ketones is 1. The molecule has 1 aromatic heterocycles. The highest BCUT2D eigenvalue weighted by Crippen LogP contribution is 2.37. The van der Waals surface area contributed by atoms with E-state index in [4.69, 9.17) is 21.1 Å². The molecule has 0 spiro atoms. The van der Waals surface area contributed by atoms with Crippen molar-refractivity contribution in [1.82, 2.24) is 9.97 Å². The van der Waals surface area contributed by atoms with Gasteiger partial charge in [-0.15, -0.1) is 12.4 Å². The Morgan fingerprint density at radius 2 is 1.91 bits per heavy atom. The number of aromatic nitrogens is 2. The van der Waals surface area contributed by atoms with Crippen molar-refractivity contribution in [2.75, 3.05) is 29.6 Å². The Morgan fingerprint density at radius 3 is 2.58 bits per heavy atom. The van der Waals surface area contributed by atoms with E-state index in [1.165, 1.54) is 4.90 Å². The van der Waals surface area contributed by atoms with Crippen molar-refractivity contribution in [2.45, 2.75) is 32.5 Å². The summed E-state index contributed by atoms with van der Waals surface area (Å²) in [7, 11) is 0. The van der Waals surface area contributed by atoms with Crippen molar-refractivity contribution < 1.29 is 23.9 Å². The number of nitrogens with zero attached hydrogens (tertiary/aromatic N) is 3. The van der Waals surface area contributed by atoms with E-state index < -0.39 is 29.7 Å². The quantitative estimate of drug-likeness (QED) is 0.281. The van der Waals surface area contributed by atoms with E-state index in [9.17, 15) is 14.4 Å². The van der Waals surface area contributed by atoms with Gasteiger partial charge in [-0.1, -0.05) is 41.9 Å². The first kappa shape index (κ1) is 30.4. The minimum absolute atomic E-state index is 0. The zero-order valence-corrected chi connectivity index (χ0v) is 25.2. The van der Waals surface area contributed by atoms with Crippen LogP contribution in [0.15, 0.2) is 73.2 Å². The van der Waals surface area contributed by atoms with Gasteiger partial charge >= 0.3 is 0 Å². The predicted molar refractivity (Wildman–Crippen MR) is 166 cm³/mol. The fraction of sp³-hybridized carbons (Fsp3) is 0.250. The van der Waals surface area contributed by atoms with Crippen LogP contribution in [0.2, 0.25) is 5.02 Å². The lowest BCUT2D eigenvalue weighted by Crippen LogP contribution is -2.59. The molecule has 2 aliphatic rings. The van der Waals surface area contributed by atoms with Gasteiger partial charge in [-0.3, -0.25) is 19.3 Å². The van der Waals surface area contributed by atoms with E-state index in [-0.39, 0.29) is 37.7 Å². The monoisotopic (exact) mass is 620 g/mol. The van der Waals surface area contributed by atoms with Crippen molar-refractivity contribution in [2.24, 2.45) is 0 Å². The topological polar surface area (TPSA) is 105 Å². The van der Waals surface area contributed by atoms with Crippen molar-refractivity contribution in [1.29, 1.82) is 0 Å². The lowest BCUT2D eigenvalue weighted by molar-refractivity contribution is -0.136. The summed E-state index contributed by atoms with van der Waals surface area (Å²) in [6.45, 7) is 4.60. The summed E-state index contributed by atoms with van der Waals surface area (Å²) in [5.41, 5.74) is 5.33. The van der Waals surface area contributed by atoms with Crippen LogP contribution >= 0.6 is 24.0 Å². The van der Waals surface area contributed by atoms with Crippen LogP contribution in [-0.2, 0) is 25.6 Å². The highest BCUT2D eigenvalue weighted by atomic mass is 35.5. The number of hydrogen-bond acceptors (Lipinski definition) is 6. The SMILES string of the molecule is Cc1cc(C)c2c(c1)C(=O)C(=O)N2C(C(=O)N(Cc1cccc(Cl)c1)c1ccc(-c2c[nH]cn2)cc1)C1COCCO1.Cl. The summed E-state index contributed by atoms with van der Waals surface area (Å²) in [5.74, 6) is -1.81. The number of carbonyl (C=O) groups is 3. The number of anilines is 2. The van der Waals surface area contributed by atoms with Crippen LogP contribution in [0.1, 0.15) is 27.0 Å². The molecule has 11 heteroatoms. The van der Waals surface area contributed by atoms with Crippen LogP contribution in [0.25, 0.3) is 11.3 Å². The molecule has 2 unspecified atom stereocenters. The molecule has 6 rings (SSSR count). The zero-order valence-electron chi connectivity index (χ0n) is 23.6. The number of imidazole rings is 1. The molecule has 222 valence electrons. The number of amides is 2. The molecule has 2 atom stereocenters. The largest absolute Gasteiger partial charge is 0.376 e. The number of H-pyrrole nitrogens is 1. The minimum Gasteiger partial charge on any atom is -0.376 e. The number of Topliss-reactive ketones (excluding diaryl/α,β-unsaturated/α-hetero) is 1. The molecule has 1 N–H and O–H groups in total. The molecule has 3 aromatic carbocycles. The average molecular weight is 622 g/mol. The number of halogens is 2. The van der Waals surface area contributed by atoms with Crippen LogP contribution in [-0.4, -0.2) is 59.5 Å². The molecule has 0 bridgehead atoms. The van der Waals surface area contributed by atoms with Gasteiger partial charge < -0.3 is 19.4 Å². The summed E-state index contributed by atoms with van der Waals surface area (Å²) >= 11 is 6.30. The Hall–Kier alpha value is -4.02. The molecule has 0 saturated carbocycles. The molecular formula is C32H30Cl2N4O5. The first-order valence-electron chi connectivity index (χ1n) is 13.7. The van der Waals surface area contributed by atoms with Crippen LogP contribution in [0.3, 0.4) is 0 Å². The van der Waals surface area contributed by atoms with Gasteiger partial charge in [0.15, 0.2) is 0 Å². The fourth-order valence-corrected chi connectivity index (χ4v) is 5.89. The molecule has 0 aliphatic carbocycles. The molecule has 1 saturated heterocycles. The van der Waals surface area contributed by atoms with E-state index in [0.29, 0.717) is 23.0 Å². The van der Waals surface area contributed by atoms with Gasteiger partial charge in [-0.2, -0.15) is 0 Å². The van der Waals surface area contributed by atoms with Crippen LogP contribution in [0.4, 0.5) is 11.4 Å². The lowest BCUT2D eigenvalue weighted by Gasteiger charge is -2.38. The summed E-state index contributed by atoms with van der Waals surface area (Å²) in [5, 5.41) is 0.537. The molecule has 0 radical (unpaired) electrons. The Labute approximate surface area is 260 Å². The summed E-state index contributed by atoms with van der Waals surface area (Å²) < 4.78 is 11.8. The number of hydrogen-bond donors (Lipinski definition) is 1. The van der Waals surface area contributed by atoms with Gasteiger partial charge in [0.05, 0.1) is 49.6 Å². The maximum Gasteiger partial charge on any atom is 0.300 e. The second-order valence-electron chi connectivity index (χ2n) is 10.5. The predicted octanol–water partition coefficient (Wildman–Crippen LogP) is 5.32. The molecule has 2 aliphatic heterocycles. The third kappa shape index (κ3) is 5.94. The highest BCUT2D eigenvalue weighted by Gasteiger charge is 2.49. The van der Waals surface area contributed by atoms with Gasteiger partial charge in [0.1, 0.15) is 12.1 Å². The Morgan fingerprint density at radius 1 is 1.12 bits per heavy atom. The van der Waals surface area contributed by atoms with Crippen LogP contribution < -0.4 is 9.80 Å². The summed E-state index contributed by atoms with van der Waals surface area (Å²) in [4.78, 5) is 51.8. The summed E-state index contributed by atoms with van der Waals surface area (Å²) in [6, 6.07) is 17.1. The van der Waals surface area contributed by atoms with Gasteiger partial charge in [0.25, 0.3) is 17.6 Å². The molecule has 43 heavy (non-hydrogen) atoms. The van der Waals surface area contributed by atoms with Gasteiger partial charge in [-0.05, 0) is 60.9 Å².